The first-order valence-corrected chi connectivity index (χ1v) is 9.17. The third-order valence-corrected chi connectivity index (χ3v) is 4.22. The van der Waals surface area contributed by atoms with Crippen LogP contribution < -0.4 is 10.1 Å². The van der Waals surface area contributed by atoms with Crippen LogP contribution in [0.15, 0.2) is 30.6 Å². The smallest absolute Gasteiger partial charge is 0.220 e. The van der Waals surface area contributed by atoms with Crippen molar-refractivity contribution < 1.29 is 9.53 Å². The number of benzene rings is 1. The Morgan fingerprint density at radius 3 is 2.79 bits per heavy atom. The van der Waals surface area contributed by atoms with Gasteiger partial charge in [0.1, 0.15) is 17.9 Å². The summed E-state index contributed by atoms with van der Waals surface area (Å²) >= 11 is 2.25. The van der Waals surface area contributed by atoms with Gasteiger partial charge in [-0.05, 0) is 67.1 Å². The Balaban J connectivity index is 1.60. The van der Waals surface area contributed by atoms with E-state index in [9.17, 15) is 4.79 Å². The van der Waals surface area contributed by atoms with Gasteiger partial charge in [-0.1, -0.05) is 0 Å². The zero-order chi connectivity index (χ0) is 17.4. The number of hydrogen-bond donors (Lipinski definition) is 1. The Morgan fingerprint density at radius 1 is 1.33 bits per heavy atom. The molecule has 1 heterocycles. The van der Waals surface area contributed by atoms with Gasteiger partial charge in [-0.3, -0.25) is 4.79 Å². The van der Waals surface area contributed by atoms with Crippen molar-refractivity contribution in [1.82, 2.24) is 20.1 Å². The minimum Gasteiger partial charge on any atom is -0.494 e. The average Bonchev–Trinajstić information content (AvgIpc) is 3.02. The van der Waals surface area contributed by atoms with Crippen molar-refractivity contribution in [2.24, 2.45) is 0 Å². The van der Waals surface area contributed by atoms with Crippen LogP contribution in [0.1, 0.15) is 38.6 Å². The summed E-state index contributed by atoms with van der Waals surface area (Å²) < 4.78 is 8.80. The largest absolute Gasteiger partial charge is 0.494 e. The molecule has 1 amide bonds. The summed E-state index contributed by atoms with van der Waals surface area (Å²) in [5.74, 6) is 1.77. The van der Waals surface area contributed by atoms with Gasteiger partial charge in [0, 0.05) is 29.0 Å². The Kier molecular flexibility index (Phi) is 7.48. The zero-order valence-corrected chi connectivity index (χ0v) is 16.2. The van der Waals surface area contributed by atoms with E-state index in [1.807, 2.05) is 28.8 Å². The van der Waals surface area contributed by atoms with E-state index in [2.05, 4.69) is 52.0 Å². The molecule has 1 aromatic carbocycles. The van der Waals surface area contributed by atoms with Gasteiger partial charge in [0.2, 0.25) is 5.91 Å². The normalized spacial score (nSPS) is 10.8. The van der Waals surface area contributed by atoms with E-state index in [4.69, 9.17) is 4.74 Å². The molecule has 1 aromatic heterocycles. The highest BCUT2D eigenvalue weighted by Crippen LogP contribution is 2.13. The minimum atomic E-state index is 0.0387. The van der Waals surface area contributed by atoms with Crippen molar-refractivity contribution in [1.29, 1.82) is 0 Å². The summed E-state index contributed by atoms with van der Waals surface area (Å²) in [6.45, 7) is 5.27. The number of nitrogens with one attached hydrogen (secondary N) is 1. The Bertz CT molecular complexity index is 640. The summed E-state index contributed by atoms with van der Waals surface area (Å²) in [6.07, 6.45) is 3.56. The first kappa shape index (κ1) is 18.7. The molecule has 130 valence electrons. The van der Waals surface area contributed by atoms with E-state index in [0.717, 1.165) is 11.6 Å². The van der Waals surface area contributed by atoms with Crippen molar-refractivity contribution in [3.63, 3.8) is 0 Å². The third kappa shape index (κ3) is 6.10. The van der Waals surface area contributed by atoms with Crippen LogP contribution in [-0.4, -0.2) is 33.8 Å². The van der Waals surface area contributed by atoms with Crippen LogP contribution in [0.5, 0.6) is 5.75 Å². The number of carbonyl (C=O) groups excluding carboxylic acids is 1. The van der Waals surface area contributed by atoms with Gasteiger partial charge in [0.15, 0.2) is 0 Å². The summed E-state index contributed by atoms with van der Waals surface area (Å²) in [4.78, 5) is 11.8. The molecule has 0 fully saturated rings. The maximum atomic E-state index is 11.8. The van der Waals surface area contributed by atoms with Crippen LogP contribution in [-0.2, 0) is 11.2 Å². The lowest BCUT2D eigenvalue weighted by molar-refractivity contribution is -0.121. The fourth-order valence-electron chi connectivity index (χ4n) is 2.23. The molecular formula is C17H23IN4O2. The molecule has 0 aliphatic heterocycles. The van der Waals surface area contributed by atoms with Crippen molar-refractivity contribution in [2.75, 3.05) is 13.2 Å². The molecule has 0 aliphatic rings. The lowest BCUT2D eigenvalue weighted by Gasteiger charge is -2.10. The van der Waals surface area contributed by atoms with Gasteiger partial charge in [0.25, 0.3) is 0 Å². The third-order valence-electron chi connectivity index (χ3n) is 3.50. The lowest BCUT2D eigenvalue weighted by Crippen LogP contribution is -2.26. The summed E-state index contributed by atoms with van der Waals surface area (Å²) in [6, 6.07) is 8.19. The predicted octanol–water partition coefficient (Wildman–Crippen LogP) is 2.98. The van der Waals surface area contributed by atoms with E-state index in [1.54, 1.807) is 6.33 Å². The SMILES string of the molecule is CC(C)n1cnnc1CCNC(=O)CCCOc1ccc(I)cc1. The number of aromatic nitrogens is 3. The van der Waals surface area contributed by atoms with Crippen LogP contribution in [0.2, 0.25) is 0 Å². The van der Waals surface area contributed by atoms with Gasteiger partial charge in [-0.25, -0.2) is 0 Å². The Morgan fingerprint density at radius 2 is 2.08 bits per heavy atom. The molecule has 7 heteroatoms. The second-order valence-corrected chi connectivity index (χ2v) is 7.00. The van der Waals surface area contributed by atoms with Crippen LogP contribution in [0.25, 0.3) is 0 Å². The van der Waals surface area contributed by atoms with Crippen LogP contribution in [0.4, 0.5) is 0 Å². The number of hydrogen-bond acceptors (Lipinski definition) is 4. The molecule has 6 nitrogen and oxygen atoms in total. The second-order valence-electron chi connectivity index (χ2n) is 5.75. The molecule has 0 bridgehead atoms. The van der Waals surface area contributed by atoms with Crippen molar-refractivity contribution in [3.8, 4) is 5.75 Å². The van der Waals surface area contributed by atoms with E-state index in [1.165, 1.54) is 3.57 Å². The van der Waals surface area contributed by atoms with Crippen LogP contribution in [0.3, 0.4) is 0 Å². The molecule has 24 heavy (non-hydrogen) atoms. The van der Waals surface area contributed by atoms with E-state index >= 15 is 0 Å². The first-order valence-electron chi connectivity index (χ1n) is 8.09. The minimum absolute atomic E-state index is 0.0387. The molecule has 1 N–H and O–H groups in total. The second kappa shape index (κ2) is 9.61. The standard InChI is InChI=1S/C17H23IN4O2/c1-13(2)22-12-20-21-16(22)9-10-19-17(23)4-3-11-24-15-7-5-14(18)6-8-15/h5-8,12-13H,3-4,9-11H2,1-2H3,(H,19,23). The summed E-state index contributed by atoms with van der Waals surface area (Å²) in [5.41, 5.74) is 0. The maximum Gasteiger partial charge on any atom is 0.220 e. The van der Waals surface area contributed by atoms with Gasteiger partial charge in [-0.2, -0.15) is 0 Å². The quantitative estimate of drug-likeness (QED) is 0.479. The molecule has 0 spiro atoms. The molecule has 0 atom stereocenters. The number of rotatable bonds is 9. The fraction of sp³-hybridized carbons (Fsp3) is 0.471. The molecule has 0 saturated heterocycles. The number of carbonyl (C=O) groups is 1. The fourth-order valence-corrected chi connectivity index (χ4v) is 2.59. The highest BCUT2D eigenvalue weighted by Gasteiger charge is 2.08. The maximum absolute atomic E-state index is 11.8. The number of halogens is 1. The van der Waals surface area contributed by atoms with Gasteiger partial charge < -0.3 is 14.6 Å². The van der Waals surface area contributed by atoms with Gasteiger partial charge >= 0.3 is 0 Å². The first-order chi connectivity index (χ1) is 11.6. The van der Waals surface area contributed by atoms with Crippen molar-refractivity contribution >= 4 is 28.5 Å². The topological polar surface area (TPSA) is 69.0 Å². The average molecular weight is 442 g/mol. The van der Waals surface area contributed by atoms with Crippen molar-refractivity contribution in [2.45, 2.75) is 39.2 Å². The predicted molar refractivity (Wildman–Crippen MR) is 101 cm³/mol. The molecule has 2 rings (SSSR count). The number of ether oxygens (including phenoxy) is 1. The highest BCUT2D eigenvalue weighted by molar-refractivity contribution is 14.1. The van der Waals surface area contributed by atoms with Crippen LogP contribution >= 0.6 is 22.6 Å². The molecule has 0 saturated carbocycles. The van der Waals surface area contributed by atoms with Crippen LogP contribution in [0, 0.1) is 3.57 Å². The number of amides is 1. The molecule has 0 radical (unpaired) electrons. The highest BCUT2D eigenvalue weighted by atomic mass is 127. The molecule has 2 aromatic rings. The zero-order valence-electron chi connectivity index (χ0n) is 14.0. The molecule has 0 aliphatic carbocycles. The monoisotopic (exact) mass is 442 g/mol. The van der Waals surface area contributed by atoms with Gasteiger partial charge in [0.05, 0.1) is 6.61 Å². The van der Waals surface area contributed by atoms with Gasteiger partial charge in [-0.15, -0.1) is 10.2 Å². The summed E-state index contributed by atoms with van der Waals surface area (Å²) in [7, 11) is 0. The number of nitrogens with zero attached hydrogens (tertiary/aromatic N) is 3. The summed E-state index contributed by atoms with van der Waals surface area (Å²) in [5, 5.41) is 10.9. The van der Waals surface area contributed by atoms with Crippen molar-refractivity contribution in [3.05, 3.63) is 40.0 Å². The Labute approximate surface area is 156 Å². The molecular weight excluding hydrogens is 419 g/mol. The lowest BCUT2D eigenvalue weighted by atomic mass is 10.3. The van der Waals surface area contributed by atoms with E-state index in [0.29, 0.717) is 38.5 Å². The van der Waals surface area contributed by atoms with E-state index < -0.39 is 0 Å². The van der Waals surface area contributed by atoms with E-state index in [-0.39, 0.29) is 5.91 Å². The Hall–Kier alpha value is -1.64. The molecule has 0 unspecified atom stereocenters.